The van der Waals surface area contributed by atoms with Crippen molar-refractivity contribution in [1.29, 1.82) is 0 Å². The molecule has 9 nitrogen and oxygen atoms in total. The highest BCUT2D eigenvalue weighted by Crippen LogP contribution is 2.13. The molecule has 0 aliphatic heterocycles. The van der Waals surface area contributed by atoms with E-state index in [0.717, 1.165) is 6.20 Å². The van der Waals surface area contributed by atoms with Crippen LogP contribution in [0.4, 0.5) is 5.69 Å². The molecule has 2 aromatic heterocycles. The quantitative estimate of drug-likeness (QED) is 0.443. The van der Waals surface area contributed by atoms with Crippen molar-refractivity contribution < 1.29 is 9.72 Å². The maximum atomic E-state index is 11.7. The maximum Gasteiger partial charge on any atom is 0.319 e. The molecule has 0 saturated carbocycles. The molecule has 2 heterocycles. The molecule has 0 aliphatic rings. The minimum atomic E-state index is -0.651. The summed E-state index contributed by atoms with van der Waals surface area (Å²) in [6, 6.07) is 1.81. The monoisotopic (exact) mass is 264 g/mol. The van der Waals surface area contributed by atoms with E-state index < -0.39 is 10.8 Å². The van der Waals surface area contributed by atoms with Crippen LogP contribution in [0.2, 0.25) is 0 Å². The fraction of sp³-hybridized carbons (Fsp3) is 0.300. The topological polar surface area (TPSA) is 119 Å². The van der Waals surface area contributed by atoms with Crippen LogP contribution in [0.15, 0.2) is 24.7 Å². The van der Waals surface area contributed by atoms with Gasteiger partial charge in [-0.3, -0.25) is 24.7 Å². The third-order valence-corrected chi connectivity index (χ3v) is 2.45. The number of nitrogens with zero attached hydrogens (tertiary/aromatic N) is 4. The lowest BCUT2D eigenvalue weighted by Gasteiger charge is -2.03. The van der Waals surface area contributed by atoms with Gasteiger partial charge in [-0.05, 0) is 12.5 Å². The van der Waals surface area contributed by atoms with Crippen molar-refractivity contribution in [2.45, 2.75) is 13.0 Å². The Morgan fingerprint density at radius 3 is 3.11 bits per heavy atom. The minimum Gasteiger partial charge on any atom is -0.350 e. The molecule has 0 saturated heterocycles. The molecule has 0 radical (unpaired) electrons. The average molecular weight is 264 g/mol. The molecule has 2 aromatic rings. The van der Waals surface area contributed by atoms with Crippen molar-refractivity contribution in [2.75, 3.05) is 6.54 Å². The van der Waals surface area contributed by atoms with Crippen LogP contribution in [0.25, 0.3) is 0 Å². The van der Waals surface area contributed by atoms with Crippen molar-refractivity contribution in [3.8, 4) is 0 Å². The van der Waals surface area contributed by atoms with Gasteiger partial charge in [-0.1, -0.05) is 0 Å². The first kappa shape index (κ1) is 12.7. The molecule has 0 aliphatic carbocycles. The fourth-order valence-corrected chi connectivity index (χ4v) is 1.55. The van der Waals surface area contributed by atoms with Gasteiger partial charge in [0.2, 0.25) is 5.69 Å². The number of aromatic nitrogens is 4. The largest absolute Gasteiger partial charge is 0.350 e. The molecule has 0 fully saturated rings. The second-order valence-corrected chi connectivity index (χ2v) is 3.77. The Kier molecular flexibility index (Phi) is 3.86. The van der Waals surface area contributed by atoms with Crippen LogP contribution in [-0.4, -0.2) is 37.4 Å². The predicted octanol–water partition coefficient (Wildman–Crippen LogP) is 0.334. The first-order valence-corrected chi connectivity index (χ1v) is 5.62. The Labute approximate surface area is 107 Å². The molecule has 0 spiro atoms. The van der Waals surface area contributed by atoms with Crippen molar-refractivity contribution >= 4 is 11.6 Å². The normalized spacial score (nSPS) is 10.3. The van der Waals surface area contributed by atoms with Gasteiger partial charge in [-0.15, -0.1) is 0 Å². The van der Waals surface area contributed by atoms with E-state index in [2.05, 4.69) is 20.6 Å². The maximum absolute atomic E-state index is 11.7. The van der Waals surface area contributed by atoms with Crippen LogP contribution in [-0.2, 0) is 6.54 Å². The molecule has 0 atom stereocenters. The molecule has 0 bridgehead atoms. The van der Waals surface area contributed by atoms with E-state index in [-0.39, 0.29) is 11.4 Å². The number of aryl methyl sites for hydroxylation is 1. The summed E-state index contributed by atoms with van der Waals surface area (Å²) in [6.45, 7) is 1.06. The highest BCUT2D eigenvalue weighted by atomic mass is 16.6. The lowest BCUT2D eigenvalue weighted by Crippen LogP contribution is -2.26. The van der Waals surface area contributed by atoms with E-state index in [9.17, 15) is 14.9 Å². The number of rotatable bonds is 6. The molecule has 0 unspecified atom stereocenters. The van der Waals surface area contributed by atoms with Gasteiger partial charge in [0.1, 0.15) is 6.20 Å². The number of aromatic amines is 1. The zero-order valence-corrected chi connectivity index (χ0v) is 9.94. The molecule has 0 aromatic carbocycles. The van der Waals surface area contributed by atoms with Crippen molar-refractivity contribution in [1.82, 2.24) is 25.3 Å². The molecular formula is C10H12N6O3. The zero-order chi connectivity index (χ0) is 13.7. The number of carbonyl (C=O) groups excluding carboxylic acids is 1. The highest BCUT2D eigenvalue weighted by Gasteiger charge is 2.22. The molecule has 1 amide bonds. The summed E-state index contributed by atoms with van der Waals surface area (Å²) >= 11 is 0. The number of hydrogen-bond donors (Lipinski definition) is 2. The Bertz CT molecular complexity index is 562. The molecule has 19 heavy (non-hydrogen) atoms. The summed E-state index contributed by atoms with van der Waals surface area (Å²) in [7, 11) is 0. The van der Waals surface area contributed by atoms with Crippen LogP contribution in [0.1, 0.15) is 16.9 Å². The second-order valence-electron chi connectivity index (χ2n) is 3.77. The molecular weight excluding hydrogens is 252 g/mol. The van der Waals surface area contributed by atoms with Gasteiger partial charge in [-0.2, -0.15) is 10.2 Å². The van der Waals surface area contributed by atoms with Gasteiger partial charge in [0.15, 0.2) is 0 Å². The van der Waals surface area contributed by atoms with E-state index in [1.807, 2.05) is 12.3 Å². The van der Waals surface area contributed by atoms with Crippen LogP contribution < -0.4 is 5.32 Å². The predicted molar refractivity (Wildman–Crippen MR) is 64.4 cm³/mol. The van der Waals surface area contributed by atoms with Crippen LogP contribution in [0, 0.1) is 10.1 Å². The van der Waals surface area contributed by atoms with Crippen LogP contribution in [0.5, 0.6) is 0 Å². The third-order valence-electron chi connectivity index (χ3n) is 2.45. The number of nitrogens with one attached hydrogen (secondary N) is 2. The van der Waals surface area contributed by atoms with Crippen molar-refractivity contribution in [2.24, 2.45) is 0 Å². The van der Waals surface area contributed by atoms with Crippen molar-refractivity contribution in [3.05, 3.63) is 40.5 Å². The SMILES string of the molecule is O=C(NCCCn1cccn1)c1[nH]ncc1[N+](=O)[O-]. The third kappa shape index (κ3) is 3.15. The zero-order valence-electron chi connectivity index (χ0n) is 9.94. The number of amides is 1. The number of nitro groups is 1. The summed E-state index contributed by atoms with van der Waals surface area (Å²) in [4.78, 5) is 21.7. The smallest absolute Gasteiger partial charge is 0.319 e. The Morgan fingerprint density at radius 1 is 1.58 bits per heavy atom. The highest BCUT2D eigenvalue weighted by molar-refractivity contribution is 5.95. The second kappa shape index (κ2) is 5.76. The van der Waals surface area contributed by atoms with Gasteiger partial charge in [0.25, 0.3) is 5.91 Å². The van der Waals surface area contributed by atoms with Gasteiger partial charge in [0, 0.05) is 25.5 Å². The fourth-order valence-electron chi connectivity index (χ4n) is 1.55. The Balaban J connectivity index is 1.81. The van der Waals surface area contributed by atoms with Crippen LogP contribution in [0.3, 0.4) is 0 Å². The lowest BCUT2D eigenvalue weighted by atomic mass is 10.3. The molecule has 2 rings (SSSR count). The molecule has 2 N–H and O–H groups in total. The van der Waals surface area contributed by atoms with Gasteiger partial charge in [0.05, 0.1) is 4.92 Å². The summed E-state index contributed by atoms with van der Waals surface area (Å²) in [5.41, 5.74) is -0.464. The standard InChI is InChI=1S/C10H12N6O3/c17-10(9-8(16(18)19)7-12-14-9)11-3-1-5-15-6-2-4-13-15/h2,4,6-7H,1,3,5H2,(H,11,17)(H,12,14). The molecule has 100 valence electrons. The summed E-state index contributed by atoms with van der Waals surface area (Å²) < 4.78 is 1.74. The first-order valence-electron chi connectivity index (χ1n) is 5.62. The Hall–Kier alpha value is -2.71. The van der Waals surface area contributed by atoms with E-state index in [1.54, 1.807) is 10.9 Å². The first-order chi connectivity index (χ1) is 9.18. The van der Waals surface area contributed by atoms with Gasteiger partial charge >= 0.3 is 5.69 Å². The summed E-state index contributed by atoms with van der Waals surface area (Å²) in [6.07, 6.45) is 5.18. The minimum absolute atomic E-state index is 0.135. The summed E-state index contributed by atoms with van der Waals surface area (Å²) in [5.74, 6) is -0.537. The van der Waals surface area contributed by atoms with Gasteiger partial charge < -0.3 is 5.32 Å². The van der Waals surface area contributed by atoms with Gasteiger partial charge in [-0.25, -0.2) is 0 Å². The van der Waals surface area contributed by atoms with E-state index >= 15 is 0 Å². The Morgan fingerprint density at radius 2 is 2.42 bits per heavy atom. The molecule has 9 heteroatoms. The summed E-state index contributed by atoms with van der Waals surface area (Å²) in [5, 5.41) is 23.0. The average Bonchev–Trinajstić information content (AvgIpc) is 3.04. The number of H-pyrrole nitrogens is 1. The van der Waals surface area contributed by atoms with Crippen LogP contribution >= 0.6 is 0 Å². The van der Waals surface area contributed by atoms with E-state index in [0.29, 0.717) is 19.5 Å². The van der Waals surface area contributed by atoms with E-state index in [1.165, 1.54) is 0 Å². The van der Waals surface area contributed by atoms with Crippen molar-refractivity contribution in [3.63, 3.8) is 0 Å². The number of hydrogen-bond acceptors (Lipinski definition) is 5. The number of carbonyl (C=O) groups is 1. The van der Waals surface area contributed by atoms with E-state index in [4.69, 9.17) is 0 Å². The lowest BCUT2D eigenvalue weighted by molar-refractivity contribution is -0.385.